The van der Waals surface area contributed by atoms with E-state index in [9.17, 15) is 4.79 Å². The third-order valence-corrected chi connectivity index (χ3v) is 4.17. The molecule has 0 saturated heterocycles. The Morgan fingerprint density at radius 3 is 2.26 bits per heavy atom. The first-order valence-electron chi connectivity index (χ1n) is 8.86. The van der Waals surface area contributed by atoms with E-state index in [1.54, 1.807) is 0 Å². The standard InChI is InChI=1S/C22H20N4O/c23-14-21-16-24-20(15-25-21)13-22(27)26-19-11-9-18(10-12-19)8-4-7-17-5-2-1-3-6-17/h1-3,5-6,9-12,15-16H,4,7-8,13H2,(H,26,27). The Kier molecular flexibility index (Phi) is 6.26. The number of hydrogen-bond acceptors (Lipinski definition) is 4. The molecule has 1 N–H and O–H groups in total. The van der Waals surface area contributed by atoms with Crippen LogP contribution in [-0.2, 0) is 24.1 Å². The van der Waals surface area contributed by atoms with Gasteiger partial charge >= 0.3 is 0 Å². The Labute approximate surface area is 158 Å². The van der Waals surface area contributed by atoms with Crippen molar-refractivity contribution in [2.45, 2.75) is 25.7 Å². The maximum absolute atomic E-state index is 12.1. The number of carbonyl (C=O) groups is 1. The predicted molar refractivity (Wildman–Crippen MR) is 104 cm³/mol. The van der Waals surface area contributed by atoms with E-state index in [1.807, 2.05) is 36.4 Å². The Morgan fingerprint density at radius 1 is 0.926 bits per heavy atom. The molecule has 27 heavy (non-hydrogen) atoms. The van der Waals surface area contributed by atoms with Crippen LogP contribution in [0.25, 0.3) is 0 Å². The molecule has 3 rings (SSSR count). The van der Waals surface area contributed by atoms with Crippen LogP contribution in [0.2, 0.25) is 0 Å². The Bertz CT molecular complexity index is 913. The molecule has 0 bridgehead atoms. The van der Waals surface area contributed by atoms with Crippen molar-refractivity contribution in [3.8, 4) is 6.07 Å². The van der Waals surface area contributed by atoms with Crippen LogP contribution < -0.4 is 5.32 Å². The maximum atomic E-state index is 12.1. The summed E-state index contributed by atoms with van der Waals surface area (Å²) in [7, 11) is 0. The lowest BCUT2D eigenvalue weighted by Gasteiger charge is -2.07. The molecule has 0 spiro atoms. The van der Waals surface area contributed by atoms with Gasteiger partial charge in [-0.25, -0.2) is 4.98 Å². The first-order valence-corrected chi connectivity index (χ1v) is 8.86. The minimum atomic E-state index is -0.161. The van der Waals surface area contributed by atoms with E-state index in [-0.39, 0.29) is 18.0 Å². The highest BCUT2D eigenvalue weighted by molar-refractivity contribution is 5.91. The second-order valence-corrected chi connectivity index (χ2v) is 6.27. The number of aryl methyl sites for hydroxylation is 2. The molecule has 5 nitrogen and oxygen atoms in total. The number of aromatic nitrogens is 2. The summed E-state index contributed by atoms with van der Waals surface area (Å²) < 4.78 is 0. The number of nitrogens with zero attached hydrogens (tertiary/aromatic N) is 3. The highest BCUT2D eigenvalue weighted by Crippen LogP contribution is 2.13. The first-order chi connectivity index (χ1) is 13.2. The molecule has 0 atom stereocenters. The van der Waals surface area contributed by atoms with Crippen LogP contribution >= 0.6 is 0 Å². The molecule has 3 aromatic rings. The van der Waals surface area contributed by atoms with Crippen molar-refractivity contribution >= 4 is 11.6 Å². The molecule has 1 amide bonds. The van der Waals surface area contributed by atoms with E-state index in [2.05, 4.69) is 39.6 Å². The lowest BCUT2D eigenvalue weighted by atomic mass is 10.0. The van der Waals surface area contributed by atoms with Gasteiger partial charge in [-0.15, -0.1) is 0 Å². The average Bonchev–Trinajstić information content (AvgIpc) is 2.71. The zero-order valence-corrected chi connectivity index (χ0v) is 14.9. The number of benzene rings is 2. The van der Waals surface area contributed by atoms with Gasteiger partial charge in [-0.3, -0.25) is 9.78 Å². The first kappa shape index (κ1) is 18.3. The quantitative estimate of drug-likeness (QED) is 0.700. The van der Waals surface area contributed by atoms with Gasteiger partial charge in [-0.2, -0.15) is 5.26 Å². The fourth-order valence-electron chi connectivity index (χ4n) is 2.77. The minimum Gasteiger partial charge on any atom is -0.326 e. The summed E-state index contributed by atoms with van der Waals surface area (Å²) in [6.45, 7) is 0. The van der Waals surface area contributed by atoms with Gasteiger partial charge in [0.05, 0.1) is 24.5 Å². The summed E-state index contributed by atoms with van der Waals surface area (Å²) >= 11 is 0. The molecule has 1 aromatic heterocycles. The van der Waals surface area contributed by atoms with Crippen molar-refractivity contribution in [2.75, 3.05) is 5.32 Å². The van der Waals surface area contributed by atoms with E-state index >= 15 is 0 Å². The smallest absolute Gasteiger partial charge is 0.230 e. The summed E-state index contributed by atoms with van der Waals surface area (Å²) in [6.07, 6.45) is 6.10. The van der Waals surface area contributed by atoms with Crippen molar-refractivity contribution in [3.63, 3.8) is 0 Å². The van der Waals surface area contributed by atoms with Crippen molar-refractivity contribution < 1.29 is 4.79 Å². The second-order valence-electron chi connectivity index (χ2n) is 6.27. The van der Waals surface area contributed by atoms with Crippen LogP contribution in [0.1, 0.15) is 28.9 Å². The molecule has 0 radical (unpaired) electrons. The molecule has 1 heterocycles. The maximum Gasteiger partial charge on any atom is 0.230 e. The molecule has 134 valence electrons. The Hall–Kier alpha value is -3.52. The van der Waals surface area contributed by atoms with Gasteiger partial charge in [0.15, 0.2) is 5.69 Å². The lowest BCUT2D eigenvalue weighted by Crippen LogP contribution is -2.15. The number of nitriles is 1. The zero-order valence-electron chi connectivity index (χ0n) is 14.9. The van der Waals surface area contributed by atoms with Crippen LogP contribution in [0.4, 0.5) is 5.69 Å². The van der Waals surface area contributed by atoms with Crippen LogP contribution in [0, 0.1) is 11.3 Å². The Balaban J connectivity index is 1.46. The number of carbonyl (C=O) groups excluding carboxylic acids is 1. The van der Waals surface area contributed by atoms with E-state index < -0.39 is 0 Å². The largest absolute Gasteiger partial charge is 0.326 e. The van der Waals surface area contributed by atoms with E-state index in [4.69, 9.17) is 5.26 Å². The monoisotopic (exact) mass is 356 g/mol. The number of nitrogens with one attached hydrogen (secondary N) is 1. The SMILES string of the molecule is N#Cc1cnc(CC(=O)Nc2ccc(CCCc3ccccc3)cc2)cn1. The van der Waals surface area contributed by atoms with Gasteiger partial charge in [0.25, 0.3) is 0 Å². The summed E-state index contributed by atoms with van der Waals surface area (Å²) in [5.74, 6) is -0.161. The second kappa shape index (κ2) is 9.25. The van der Waals surface area contributed by atoms with E-state index in [0.717, 1.165) is 24.9 Å². The van der Waals surface area contributed by atoms with Gasteiger partial charge in [0.2, 0.25) is 5.91 Å². The Morgan fingerprint density at radius 2 is 1.63 bits per heavy atom. The zero-order chi connectivity index (χ0) is 18.9. The number of rotatable bonds is 7. The molecule has 2 aromatic carbocycles. The molecular formula is C22H20N4O. The molecule has 5 heteroatoms. The normalized spacial score (nSPS) is 10.2. The molecule has 0 aliphatic rings. The van der Waals surface area contributed by atoms with Gasteiger partial charge in [0.1, 0.15) is 6.07 Å². The topological polar surface area (TPSA) is 78.7 Å². The summed E-state index contributed by atoms with van der Waals surface area (Å²) in [6, 6.07) is 20.3. The van der Waals surface area contributed by atoms with Crippen LogP contribution in [0.3, 0.4) is 0 Å². The molecule has 0 unspecified atom stereocenters. The van der Waals surface area contributed by atoms with Gasteiger partial charge in [-0.05, 0) is 42.5 Å². The molecule has 0 aliphatic carbocycles. The summed E-state index contributed by atoms with van der Waals surface area (Å²) in [5.41, 5.74) is 4.13. The predicted octanol–water partition coefficient (Wildman–Crippen LogP) is 3.70. The van der Waals surface area contributed by atoms with Crippen LogP contribution in [-0.4, -0.2) is 15.9 Å². The summed E-state index contributed by atoms with van der Waals surface area (Å²) in [5, 5.41) is 11.6. The fourth-order valence-corrected chi connectivity index (χ4v) is 2.77. The van der Waals surface area contributed by atoms with Crippen molar-refractivity contribution in [1.82, 2.24) is 9.97 Å². The lowest BCUT2D eigenvalue weighted by molar-refractivity contribution is -0.115. The number of hydrogen-bond donors (Lipinski definition) is 1. The average molecular weight is 356 g/mol. The van der Waals surface area contributed by atoms with Crippen molar-refractivity contribution in [1.29, 1.82) is 5.26 Å². The fraction of sp³-hybridized carbons (Fsp3) is 0.182. The third kappa shape index (κ3) is 5.75. The number of anilines is 1. The van der Waals surface area contributed by atoms with Gasteiger partial charge in [0, 0.05) is 5.69 Å². The summed E-state index contributed by atoms with van der Waals surface area (Å²) in [4.78, 5) is 20.1. The third-order valence-electron chi connectivity index (χ3n) is 4.17. The van der Waals surface area contributed by atoms with Gasteiger partial charge in [-0.1, -0.05) is 42.5 Å². The van der Waals surface area contributed by atoms with Crippen molar-refractivity contribution in [2.24, 2.45) is 0 Å². The minimum absolute atomic E-state index is 0.123. The molecular weight excluding hydrogens is 336 g/mol. The van der Waals surface area contributed by atoms with Gasteiger partial charge < -0.3 is 5.32 Å². The molecule has 0 fully saturated rings. The molecule has 0 aliphatic heterocycles. The number of amides is 1. The highest BCUT2D eigenvalue weighted by Gasteiger charge is 2.06. The van der Waals surface area contributed by atoms with E-state index in [0.29, 0.717) is 5.69 Å². The highest BCUT2D eigenvalue weighted by atomic mass is 16.1. The van der Waals surface area contributed by atoms with Crippen LogP contribution in [0.5, 0.6) is 0 Å². The molecule has 0 saturated carbocycles. The van der Waals surface area contributed by atoms with E-state index in [1.165, 1.54) is 23.5 Å². The van der Waals surface area contributed by atoms with Crippen LogP contribution in [0.15, 0.2) is 67.0 Å². The van der Waals surface area contributed by atoms with Crippen molar-refractivity contribution in [3.05, 3.63) is 89.5 Å².